The van der Waals surface area contributed by atoms with Crippen LogP contribution in [0.5, 0.6) is 17.4 Å². The van der Waals surface area contributed by atoms with Gasteiger partial charge in [0.15, 0.2) is 0 Å². The monoisotopic (exact) mass is 461 g/mol. The van der Waals surface area contributed by atoms with E-state index in [4.69, 9.17) is 19.5 Å². The number of aryl methyl sites for hydroxylation is 1. The fourth-order valence-corrected chi connectivity index (χ4v) is 4.10. The van der Waals surface area contributed by atoms with Crippen LogP contribution in [0.2, 0.25) is 0 Å². The van der Waals surface area contributed by atoms with Gasteiger partial charge in [-0.2, -0.15) is 10.4 Å². The van der Waals surface area contributed by atoms with Gasteiger partial charge in [-0.05, 0) is 56.0 Å². The molecule has 1 amide bonds. The Labute approximate surface area is 198 Å². The zero-order valence-corrected chi connectivity index (χ0v) is 19.4. The highest BCUT2D eigenvalue weighted by atomic mass is 16.5. The van der Waals surface area contributed by atoms with E-state index in [0.717, 1.165) is 31.2 Å². The second-order valence-electron chi connectivity index (χ2n) is 8.17. The third-order valence-electron chi connectivity index (χ3n) is 5.96. The maximum atomic E-state index is 13.0. The van der Waals surface area contributed by atoms with Crippen molar-refractivity contribution < 1.29 is 19.0 Å². The molecule has 9 heteroatoms. The summed E-state index contributed by atoms with van der Waals surface area (Å²) >= 11 is 0. The molecule has 0 radical (unpaired) electrons. The summed E-state index contributed by atoms with van der Waals surface area (Å²) in [5.41, 5.74) is 2.36. The first-order chi connectivity index (χ1) is 16.5. The minimum absolute atomic E-state index is 0.0393. The van der Waals surface area contributed by atoms with Crippen LogP contribution in [0.3, 0.4) is 0 Å². The van der Waals surface area contributed by atoms with Gasteiger partial charge in [-0.1, -0.05) is 0 Å². The number of carbonyl (C=O) groups is 1. The zero-order valence-electron chi connectivity index (χ0n) is 19.4. The van der Waals surface area contributed by atoms with E-state index in [1.807, 2.05) is 24.3 Å². The molecule has 3 aromatic rings. The lowest BCUT2D eigenvalue weighted by Crippen LogP contribution is -2.40. The normalized spacial score (nSPS) is 17.5. The van der Waals surface area contributed by atoms with Crippen molar-refractivity contribution in [3.05, 3.63) is 53.9 Å². The summed E-state index contributed by atoms with van der Waals surface area (Å²) in [5.74, 6) is 1.69. The molecule has 1 aromatic carbocycles. The molecule has 1 fully saturated rings. The van der Waals surface area contributed by atoms with Crippen molar-refractivity contribution in [1.82, 2.24) is 20.1 Å². The van der Waals surface area contributed by atoms with E-state index in [1.54, 1.807) is 44.1 Å². The Morgan fingerprint density at radius 3 is 2.56 bits per heavy atom. The molecule has 4 rings (SSSR count). The Morgan fingerprint density at radius 2 is 1.91 bits per heavy atom. The second kappa shape index (κ2) is 10.3. The van der Waals surface area contributed by atoms with Crippen molar-refractivity contribution in [2.45, 2.75) is 37.8 Å². The number of benzene rings is 1. The summed E-state index contributed by atoms with van der Waals surface area (Å²) < 4.78 is 18.3. The van der Waals surface area contributed by atoms with E-state index in [2.05, 4.69) is 15.4 Å². The number of nitrogens with one attached hydrogen (secondary N) is 1. The number of hydrogen-bond donors (Lipinski definition) is 1. The van der Waals surface area contributed by atoms with Gasteiger partial charge in [0.25, 0.3) is 5.91 Å². The number of pyridine rings is 1. The molecule has 0 unspecified atom stereocenters. The molecule has 1 saturated carbocycles. The SMILES string of the molecule is COc1ccc(OC)c(-c2cc(C(=O)NC3CCC(Oc4ccc(C#N)cn4)CC3)n(C)n2)c1. The largest absolute Gasteiger partial charge is 0.497 e. The Balaban J connectivity index is 1.37. The molecule has 2 aromatic heterocycles. The molecule has 0 spiro atoms. The summed E-state index contributed by atoms with van der Waals surface area (Å²) in [6, 6.07) is 12.7. The Hall–Kier alpha value is -4.06. The minimum atomic E-state index is -0.166. The molecule has 1 aliphatic rings. The van der Waals surface area contributed by atoms with E-state index in [9.17, 15) is 4.79 Å². The van der Waals surface area contributed by atoms with E-state index >= 15 is 0 Å². The molecule has 34 heavy (non-hydrogen) atoms. The van der Waals surface area contributed by atoms with Crippen LogP contribution in [0, 0.1) is 11.3 Å². The number of carbonyl (C=O) groups excluding carboxylic acids is 1. The van der Waals surface area contributed by atoms with Gasteiger partial charge >= 0.3 is 0 Å². The standard InChI is InChI=1S/C25H27N5O4/c1-30-22(13-21(29-30)20-12-19(32-2)9-10-23(20)33-3)25(31)28-17-5-7-18(8-6-17)34-24-11-4-16(14-26)15-27-24/h4,9-13,15,17-18H,5-8H2,1-3H3,(H,28,31). The smallest absolute Gasteiger partial charge is 0.269 e. The second-order valence-corrected chi connectivity index (χ2v) is 8.17. The predicted molar refractivity (Wildman–Crippen MR) is 125 cm³/mol. The van der Waals surface area contributed by atoms with Crippen molar-refractivity contribution >= 4 is 5.91 Å². The highest BCUT2D eigenvalue weighted by Crippen LogP contribution is 2.33. The molecule has 2 heterocycles. The third kappa shape index (κ3) is 5.12. The Bertz CT molecular complexity index is 1190. The van der Waals surface area contributed by atoms with E-state index in [-0.39, 0.29) is 18.1 Å². The number of hydrogen-bond acceptors (Lipinski definition) is 7. The number of methoxy groups -OCH3 is 2. The highest BCUT2D eigenvalue weighted by molar-refractivity contribution is 5.94. The fraction of sp³-hybridized carbons (Fsp3) is 0.360. The van der Waals surface area contributed by atoms with Crippen molar-refractivity contribution in [2.75, 3.05) is 14.2 Å². The van der Waals surface area contributed by atoms with E-state index in [0.29, 0.717) is 34.3 Å². The molecular weight excluding hydrogens is 434 g/mol. The van der Waals surface area contributed by atoms with Gasteiger partial charge in [0.1, 0.15) is 29.4 Å². The zero-order chi connectivity index (χ0) is 24.1. The quantitative estimate of drug-likeness (QED) is 0.573. The summed E-state index contributed by atoms with van der Waals surface area (Å²) in [6.45, 7) is 0. The van der Waals surface area contributed by atoms with Crippen LogP contribution < -0.4 is 19.5 Å². The first-order valence-electron chi connectivity index (χ1n) is 11.1. The molecule has 9 nitrogen and oxygen atoms in total. The lowest BCUT2D eigenvalue weighted by atomic mass is 9.93. The molecular formula is C25H27N5O4. The molecule has 0 saturated heterocycles. The number of rotatable bonds is 7. The number of amides is 1. The topological polar surface area (TPSA) is 111 Å². The minimum Gasteiger partial charge on any atom is -0.497 e. The van der Waals surface area contributed by atoms with Crippen molar-refractivity contribution in [3.8, 4) is 34.7 Å². The Kier molecular flexibility index (Phi) is 6.97. The van der Waals surface area contributed by atoms with Crippen molar-refractivity contribution in [1.29, 1.82) is 5.26 Å². The lowest BCUT2D eigenvalue weighted by Gasteiger charge is -2.29. The first kappa shape index (κ1) is 23.1. The highest BCUT2D eigenvalue weighted by Gasteiger charge is 2.26. The Morgan fingerprint density at radius 1 is 1.12 bits per heavy atom. The molecule has 1 N–H and O–H groups in total. The number of nitriles is 1. The summed E-state index contributed by atoms with van der Waals surface area (Å²) in [6.07, 6.45) is 4.78. The van der Waals surface area contributed by atoms with Crippen LogP contribution in [0.4, 0.5) is 0 Å². The van der Waals surface area contributed by atoms with Crippen molar-refractivity contribution in [2.24, 2.45) is 7.05 Å². The van der Waals surface area contributed by atoms with Gasteiger partial charge < -0.3 is 19.5 Å². The first-order valence-corrected chi connectivity index (χ1v) is 11.1. The molecule has 1 aliphatic carbocycles. The van der Waals surface area contributed by atoms with Gasteiger partial charge in [0.05, 0.1) is 25.5 Å². The van der Waals surface area contributed by atoms with E-state index < -0.39 is 0 Å². The number of aromatic nitrogens is 3. The maximum absolute atomic E-state index is 13.0. The average molecular weight is 462 g/mol. The maximum Gasteiger partial charge on any atom is 0.269 e. The van der Waals surface area contributed by atoms with Crippen LogP contribution in [-0.4, -0.2) is 47.0 Å². The summed E-state index contributed by atoms with van der Waals surface area (Å²) in [4.78, 5) is 17.2. The van der Waals surface area contributed by atoms with Crippen LogP contribution in [0.25, 0.3) is 11.3 Å². The summed E-state index contributed by atoms with van der Waals surface area (Å²) in [7, 11) is 4.95. The molecule has 176 valence electrons. The number of ether oxygens (including phenoxy) is 3. The molecule has 0 atom stereocenters. The van der Waals surface area contributed by atoms with Crippen LogP contribution in [0.15, 0.2) is 42.6 Å². The van der Waals surface area contributed by atoms with Gasteiger partial charge in [-0.15, -0.1) is 0 Å². The number of nitrogens with zero attached hydrogens (tertiary/aromatic N) is 4. The predicted octanol–water partition coefficient (Wildman–Crippen LogP) is 3.49. The van der Waals surface area contributed by atoms with Crippen LogP contribution in [-0.2, 0) is 7.05 Å². The van der Waals surface area contributed by atoms with Crippen LogP contribution >= 0.6 is 0 Å². The molecule has 0 aliphatic heterocycles. The molecule has 0 bridgehead atoms. The van der Waals surface area contributed by atoms with Crippen LogP contribution in [0.1, 0.15) is 41.7 Å². The third-order valence-corrected chi connectivity index (χ3v) is 5.96. The average Bonchev–Trinajstić information content (AvgIpc) is 3.26. The van der Waals surface area contributed by atoms with Gasteiger partial charge in [-0.25, -0.2) is 4.98 Å². The fourth-order valence-electron chi connectivity index (χ4n) is 4.10. The van der Waals surface area contributed by atoms with Gasteiger partial charge in [-0.3, -0.25) is 9.48 Å². The van der Waals surface area contributed by atoms with Crippen molar-refractivity contribution in [3.63, 3.8) is 0 Å². The van der Waals surface area contributed by atoms with E-state index in [1.165, 1.54) is 6.20 Å². The van der Waals surface area contributed by atoms with Gasteiger partial charge in [0, 0.05) is 30.9 Å². The van der Waals surface area contributed by atoms with Gasteiger partial charge in [0.2, 0.25) is 5.88 Å². The summed E-state index contributed by atoms with van der Waals surface area (Å²) in [5, 5.41) is 16.5. The lowest BCUT2D eigenvalue weighted by molar-refractivity contribution is 0.0881.